The van der Waals surface area contributed by atoms with Gasteiger partial charge in [-0.05, 0) is 31.5 Å². The van der Waals surface area contributed by atoms with E-state index in [1.54, 1.807) is 34.4 Å². The first-order valence-electron chi connectivity index (χ1n) is 6.90. The molecule has 3 nitrogen and oxygen atoms in total. The van der Waals surface area contributed by atoms with Crippen LogP contribution in [0, 0.1) is 19.7 Å². The number of nitrogens with zero attached hydrogens (tertiary/aromatic N) is 2. The van der Waals surface area contributed by atoms with Gasteiger partial charge in [0.15, 0.2) is 0 Å². The summed E-state index contributed by atoms with van der Waals surface area (Å²) in [4.78, 5) is 19.4. The minimum absolute atomic E-state index is 0.0130. The molecule has 0 bridgehead atoms. The third kappa shape index (κ3) is 2.80. The molecule has 0 radical (unpaired) electrons. The molecule has 0 spiro atoms. The first-order chi connectivity index (χ1) is 10.6. The lowest BCUT2D eigenvalue weighted by atomic mass is 10.2. The third-order valence-electron chi connectivity index (χ3n) is 3.58. The van der Waals surface area contributed by atoms with E-state index in [1.165, 1.54) is 17.8 Å². The van der Waals surface area contributed by atoms with Crippen molar-refractivity contribution in [3.63, 3.8) is 0 Å². The Morgan fingerprint density at radius 2 is 2.09 bits per heavy atom. The smallest absolute Gasteiger partial charge is 0.262 e. The Hall–Kier alpha value is -1.66. The second-order valence-electron chi connectivity index (χ2n) is 4.99. The van der Waals surface area contributed by atoms with Gasteiger partial charge in [0, 0.05) is 22.1 Å². The molecule has 2 aromatic heterocycles. The van der Waals surface area contributed by atoms with E-state index in [2.05, 4.69) is 4.98 Å². The van der Waals surface area contributed by atoms with Crippen LogP contribution in [-0.4, -0.2) is 15.3 Å². The minimum Gasteiger partial charge on any atom is -0.298 e. The van der Waals surface area contributed by atoms with Crippen LogP contribution in [-0.2, 0) is 6.54 Å². The number of hydrogen-bond donors (Lipinski definition) is 0. The summed E-state index contributed by atoms with van der Waals surface area (Å²) in [7, 11) is 0. The molecular formula is C16H15FN2OS2. The molecule has 1 aromatic carbocycles. The van der Waals surface area contributed by atoms with Crippen LogP contribution in [0.15, 0.2) is 40.3 Å². The van der Waals surface area contributed by atoms with Gasteiger partial charge in [0.1, 0.15) is 10.6 Å². The van der Waals surface area contributed by atoms with Crippen molar-refractivity contribution in [2.45, 2.75) is 25.3 Å². The summed E-state index contributed by atoms with van der Waals surface area (Å²) in [5, 5.41) is 0.709. The summed E-state index contributed by atoms with van der Waals surface area (Å²) in [5.74, 6) is 0.397. The van der Waals surface area contributed by atoms with Crippen molar-refractivity contribution in [1.29, 1.82) is 0 Å². The van der Waals surface area contributed by atoms with Gasteiger partial charge in [-0.2, -0.15) is 0 Å². The van der Waals surface area contributed by atoms with Crippen molar-refractivity contribution in [1.82, 2.24) is 9.55 Å². The molecule has 0 atom stereocenters. The number of fused-ring (bicyclic) bond motifs is 1. The van der Waals surface area contributed by atoms with Crippen LogP contribution in [0.2, 0.25) is 0 Å². The predicted octanol–water partition coefficient (Wildman–Crippen LogP) is 4.01. The molecule has 0 aliphatic rings. The number of thioether (sulfide) groups is 1. The molecule has 3 rings (SSSR count). The molecule has 0 saturated carbocycles. The fourth-order valence-electron chi connectivity index (χ4n) is 2.24. The second kappa shape index (κ2) is 6.22. The fraction of sp³-hybridized carbons (Fsp3) is 0.250. The highest BCUT2D eigenvalue weighted by atomic mass is 32.2. The quantitative estimate of drug-likeness (QED) is 0.676. The fourth-order valence-corrected chi connectivity index (χ4v) is 4.12. The van der Waals surface area contributed by atoms with Crippen LogP contribution in [0.3, 0.4) is 0 Å². The van der Waals surface area contributed by atoms with Gasteiger partial charge in [-0.1, -0.05) is 12.1 Å². The summed E-state index contributed by atoms with van der Waals surface area (Å²) in [6, 6.07) is 6.67. The number of rotatable bonds is 4. The van der Waals surface area contributed by atoms with E-state index in [0.29, 0.717) is 22.6 Å². The molecule has 2 heterocycles. The highest BCUT2D eigenvalue weighted by Gasteiger charge is 2.12. The van der Waals surface area contributed by atoms with Crippen molar-refractivity contribution >= 4 is 33.3 Å². The van der Waals surface area contributed by atoms with Gasteiger partial charge >= 0.3 is 0 Å². The van der Waals surface area contributed by atoms with Gasteiger partial charge < -0.3 is 0 Å². The van der Waals surface area contributed by atoms with Gasteiger partial charge in [-0.15, -0.1) is 23.1 Å². The molecule has 0 amide bonds. The zero-order valence-corrected chi connectivity index (χ0v) is 13.9. The summed E-state index contributed by atoms with van der Waals surface area (Å²) in [5.41, 5.74) is 0.995. The Kier molecular flexibility index (Phi) is 4.31. The van der Waals surface area contributed by atoms with Crippen LogP contribution < -0.4 is 5.56 Å². The van der Waals surface area contributed by atoms with Crippen molar-refractivity contribution in [2.75, 3.05) is 5.75 Å². The normalized spacial score (nSPS) is 11.2. The zero-order chi connectivity index (χ0) is 15.7. The molecule has 0 N–H and O–H groups in total. The maximum atomic E-state index is 13.6. The SMILES string of the molecule is Cc1sc2ncn(CCSc3ccccc3F)c(=O)c2c1C. The molecular weight excluding hydrogens is 319 g/mol. The van der Waals surface area contributed by atoms with Crippen LogP contribution in [0.25, 0.3) is 10.2 Å². The monoisotopic (exact) mass is 334 g/mol. The van der Waals surface area contributed by atoms with Crippen molar-refractivity contribution in [3.05, 3.63) is 57.2 Å². The van der Waals surface area contributed by atoms with Gasteiger partial charge in [-0.25, -0.2) is 9.37 Å². The van der Waals surface area contributed by atoms with Crippen LogP contribution in [0.4, 0.5) is 4.39 Å². The highest BCUT2D eigenvalue weighted by Crippen LogP contribution is 2.25. The Bertz CT molecular complexity index is 885. The highest BCUT2D eigenvalue weighted by molar-refractivity contribution is 7.99. The lowest BCUT2D eigenvalue weighted by Crippen LogP contribution is -2.21. The molecule has 3 aromatic rings. The van der Waals surface area contributed by atoms with E-state index in [1.807, 2.05) is 19.9 Å². The maximum absolute atomic E-state index is 13.6. The van der Waals surface area contributed by atoms with E-state index in [4.69, 9.17) is 0 Å². The topological polar surface area (TPSA) is 34.9 Å². The molecule has 0 fully saturated rings. The van der Waals surface area contributed by atoms with Crippen molar-refractivity contribution < 1.29 is 4.39 Å². The number of aromatic nitrogens is 2. The van der Waals surface area contributed by atoms with Crippen LogP contribution in [0.5, 0.6) is 0 Å². The predicted molar refractivity (Wildman–Crippen MR) is 90.5 cm³/mol. The third-order valence-corrected chi connectivity index (χ3v) is 5.73. The number of hydrogen-bond acceptors (Lipinski definition) is 4. The van der Waals surface area contributed by atoms with Crippen molar-refractivity contribution in [2.24, 2.45) is 0 Å². The van der Waals surface area contributed by atoms with Crippen molar-refractivity contribution in [3.8, 4) is 0 Å². The Balaban J connectivity index is 1.80. The summed E-state index contributed by atoms with van der Waals surface area (Å²) < 4.78 is 15.2. The Labute approximate surface area is 135 Å². The Morgan fingerprint density at radius 3 is 2.86 bits per heavy atom. The number of thiophene rings is 1. The van der Waals surface area contributed by atoms with Gasteiger partial charge in [-0.3, -0.25) is 9.36 Å². The summed E-state index contributed by atoms with van der Waals surface area (Å²) in [6.45, 7) is 4.46. The zero-order valence-electron chi connectivity index (χ0n) is 12.3. The second-order valence-corrected chi connectivity index (χ2v) is 7.33. The van der Waals surface area contributed by atoms with E-state index < -0.39 is 0 Å². The van der Waals surface area contributed by atoms with Crippen LogP contribution >= 0.6 is 23.1 Å². The molecule has 0 unspecified atom stereocenters. The minimum atomic E-state index is -0.224. The van der Waals surface area contributed by atoms with E-state index in [9.17, 15) is 9.18 Å². The van der Waals surface area contributed by atoms with Gasteiger partial charge in [0.05, 0.1) is 11.7 Å². The van der Waals surface area contributed by atoms with E-state index in [0.717, 1.165) is 15.3 Å². The van der Waals surface area contributed by atoms with Crippen LogP contribution in [0.1, 0.15) is 10.4 Å². The lowest BCUT2D eigenvalue weighted by Gasteiger charge is -2.06. The molecule has 114 valence electrons. The first-order valence-corrected chi connectivity index (χ1v) is 8.70. The molecule has 0 aliphatic heterocycles. The first kappa shape index (κ1) is 15.2. The largest absolute Gasteiger partial charge is 0.298 e. The standard InChI is InChI=1S/C16H15FN2OS2/c1-10-11(2)22-15-14(10)16(20)19(9-18-15)7-8-21-13-6-4-3-5-12(13)17/h3-6,9H,7-8H2,1-2H3. The summed E-state index contributed by atoms with van der Waals surface area (Å²) >= 11 is 2.95. The average Bonchev–Trinajstić information content (AvgIpc) is 2.79. The average molecular weight is 334 g/mol. The molecule has 6 heteroatoms. The number of benzene rings is 1. The van der Waals surface area contributed by atoms with E-state index in [-0.39, 0.29) is 11.4 Å². The molecule has 0 saturated heterocycles. The summed E-state index contributed by atoms with van der Waals surface area (Å²) in [6.07, 6.45) is 1.59. The van der Waals surface area contributed by atoms with Gasteiger partial charge in [0.25, 0.3) is 5.56 Å². The molecule has 0 aliphatic carbocycles. The number of halogens is 1. The Morgan fingerprint density at radius 1 is 1.32 bits per heavy atom. The lowest BCUT2D eigenvalue weighted by molar-refractivity contribution is 0.601. The molecule has 22 heavy (non-hydrogen) atoms. The van der Waals surface area contributed by atoms with Gasteiger partial charge in [0.2, 0.25) is 0 Å². The number of aryl methyl sites for hydroxylation is 3. The maximum Gasteiger partial charge on any atom is 0.262 e. The van der Waals surface area contributed by atoms with E-state index >= 15 is 0 Å².